The molecule has 0 aliphatic heterocycles. The first-order valence-corrected chi connectivity index (χ1v) is 5.26. The summed E-state index contributed by atoms with van der Waals surface area (Å²) in [6, 6.07) is 7.53. The van der Waals surface area contributed by atoms with Gasteiger partial charge in [0.1, 0.15) is 19.2 Å². The van der Waals surface area contributed by atoms with E-state index in [0.29, 0.717) is 6.61 Å². The molecule has 0 fully saturated rings. The van der Waals surface area contributed by atoms with Crippen LogP contribution in [0.2, 0.25) is 0 Å². The smallest absolute Gasteiger partial charge is 0.331 e. The Bertz CT molecular complexity index is 502. The normalized spacial score (nSPS) is 15.2. The molecule has 0 saturated carbocycles. The molecule has 16 heavy (non-hydrogen) atoms. The van der Waals surface area contributed by atoms with E-state index in [-0.39, 0.29) is 5.88 Å². The van der Waals surface area contributed by atoms with Crippen molar-refractivity contribution in [2.24, 2.45) is 0 Å². The van der Waals surface area contributed by atoms with Crippen LogP contribution in [-0.2, 0) is 4.84 Å². The largest absolute Gasteiger partial charge is 0.591 e. The second-order valence-corrected chi connectivity index (χ2v) is 3.84. The molecule has 0 N–H and O–H groups in total. The van der Waals surface area contributed by atoms with E-state index in [1.54, 1.807) is 13.0 Å². The Morgan fingerprint density at radius 2 is 2.19 bits per heavy atom. The lowest BCUT2D eigenvalue weighted by Gasteiger charge is -2.30. The summed E-state index contributed by atoms with van der Waals surface area (Å²) < 4.78 is 5.55. The summed E-state index contributed by atoms with van der Waals surface area (Å²) in [5, 5.41) is 12.9. The molecule has 1 heterocycles. The Hall–Kier alpha value is -1.36. The topological polar surface area (TPSA) is 45.4 Å². The maximum absolute atomic E-state index is 12.0. The summed E-state index contributed by atoms with van der Waals surface area (Å²) >= 11 is 0. The minimum absolute atomic E-state index is 0.270. The molecule has 0 aliphatic carbocycles. The molecule has 0 amide bonds. The highest BCUT2D eigenvalue weighted by atomic mass is 16.9. The average Bonchev–Trinajstić information content (AvgIpc) is 2.63. The fraction of sp³-hybridized carbons (Fsp3) is 0.333. The van der Waals surface area contributed by atoms with E-state index in [2.05, 4.69) is 0 Å². The first kappa shape index (κ1) is 11.1. The fourth-order valence-electron chi connectivity index (χ4n) is 1.71. The first-order valence-electron chi connectivity index (χ1n) is 5.26. The third kappa shape index (κ3) is 1.82. The van der Waals surface area contributed by atoms with Gasteiger partial charge in [0.05, 0.1) is 6.07 Å². The molecule has 4 heteroatoms. The number of aryl methyl sites for hydroxylation is 1. The molecular formula is C12H15NO3. The molecule has 1 aromatic heterocycles. The summed E-state index contributed by atoms with van der Waals surface area (Å²) in [6.45, 7) is 4.07. The number of fused-ring (bicyclic) bond motifs is 1. The number of nitrogens with zero attached hydrogens (tertiary/aromatic N) is 1. The van der Waals surface area contributed by atoms with E-state index in [4.69, 9.17) is 9.25 Å². The van der Waals surface area contributed by atoms with Gasteiger partial charge >= 0.3 is 5.88 Å². The number of para-hydroxylation sites is 1. The lowest BCUT2D eigenvalue weighted by atomic mass is 10.2. The summed E-state index contributed by atoms with van der Waals surface area (Å²) in [4.78, 5) is 4.13. The van der Waals surface area contributed by atoms with Crippen LogP contribution < -0.4 is 4.81 Å². The SMILES string of the molecule is CCO[N+](C)([O-])c1cc2cccc(C)c2o1. The van der Waals surface area contributed by atoms with Crippen molar-refractivity contribution in [3.05, 3.63) is 35.0 Å². The molecule has 2 aromatic rings. The molecule has 1 unspecified atom stereocenters. The molecule has 0 aliphatic rings. The van der Waals surface area contributed by atoms with E-state index in [1.807, 2.05) is 25.1 Å². The number of hydrogen-bond acceptors (Lipinski definition) is 3. The van der Waals surface area contributed by atoms with Crippen LogP contribution in [0.1, 0.15) is 12.5 Å². The van der Waals surface area contributed by atoms with Crippen molar-refractivity contribution >= 4 is 16.9 Å². The van der Waals surface area contributed by atoms with E-state index in [0.717, 1.165) is 16.5 Å². The average molecular weight is 221 g/mol. The third-order valence-electron chi connectivity index (χ3n) is 2.50. The molecular weight excluding hydrogens is 206 g/mol. The van der Waals surface area contributed by atoms with E-state index >= 15 is 0 Å². The van der Waals surface area contributed by atoms with E-state index in [1.165, 1.54) is 7.05 Å². The molecule has 2 rings (SSSR count). The summed E-state index contributed by atoms with van der Waals surface area (Å²) in [6.07, 6.45) is 0. The van der Waals surface area contributed by atoms with Crippen molar-refractivity contribution in [3.63, 3.8) is 0 Å². The standard InChI is InChI=1S/C12H15NO3/c1-4-15-13(3,14)11-8-10-7-5-6-9(2)12(10)16-11/h5-8H,4H2,1-3H3. The van der Waals surface area contributed by atoms with Gasteiger partial charge in [0.15, 0.2) is 0 Å². The predicted molar refractivity (Wildman–Crippen MR) is 63.7 cm³/mol. The second kappa shape index (κ2) is 3.90. The summed E-state index contributed by atoms with van der Waals surface area (Å²) in [7, 11) is 1.41. The van der Waals surface area contributed by atoms with Crippen molar-refractivity contribution in [1.29, 1.82) is 0 Å². The Balaban J connectivity index is 2.51. The maximum atomic E-state index is 12.0. The van der Waals surface area contributed by atoms with Crippen LogP contribution >= 0.6 is 0 Å². The van der Waals surface area contributed by atoms with Crippen molar-refractivity contribution in [2.45, 2.75) is 13.8 Å². The van der Waals surface area contributed by atoms with Gasteiger partial charge in [-0.3, -0.25) is 0 Å². The van der Waals surface area contributed by atoms with Gasteiger partial charge in [0.25, 0.3) is 0 Å². The van der Waals surface area contributed by atoms with Crippen LogP contribution in [0.5, 0.6) is 0 Å². The molecule has 0 saturated heterocycles. The Labute approximate surface area is 94.2 Å². The molecule has 1 aromatic carbocycles. The van der Waals surface area contributed by atoms with Crippen LogP contribution in [0.4, 0.5) is 5.88 Å². The van der Waals surface area contributed by atoms with E-state index < -0.39 is 4.81 Å². The molecule has 0 spiro atoms. The monoisotopic (exact) mass is 221 g/mol. The van der Waals surface area contributed by atoms with Crippen LogP contribution in [0.25, 0.3) is 11.0 Å². The van der Waals surface area contributed by atoms with Crippen molar-refractivity contribution < 1.29 is 9.25 Å². The van der Waals surface area contributed by atoms with Gasteiger partial charge < -0.3 is 9.62 Å². The highest BCUT2D eigenvalue weighted by Gasteiger charge is 2.21. The number of benzene rings is 1. The van der Waals surface area contributed by atoms with Crippen LogP contribution in [0.3, 0.4) is 0 Å². The zero-order valence-electron chi connectivity index (χ0n) is 9.69. The fourth-order valence-corrected chi connectivity index (χ4v) is 1.71. The number of quaternary nitrogens is 1. The van der Waals surface area contributed by atoms with Gasteiger partial charge in [-0.1, -0.05) is 18.2 Å². The molecule has 86 valence electrons. The van der Waals surface area contributed by atoms with Crippen LogP contribution in [0.15, 0.2) is 28.7 Å². The van der Waals surface area contributed by atoms with Crippen molar-refractivity contribution in [1.82, 2.24) is 4.81 Å². The Morgan fingerprint density at radius 3 is 2.81 bits per heavy atom. The molecule has 1 atom stereocenters. The lowest BCUT2D eigenvalue weighted by molar-refractivity contribution is -0.0955. The highest BCUT2D eigenvalue weighted by molar-refractivity contribution is 5.83. The predicted octanol–water partition coefficient (Wildman–Crippen LogP) is 3.13. The van der Waals surface area contributed by atoms with Gasteiger partial charge in [-0.25, -0.2) is 0 Å². The van der Waals surface area contributed by atoms with Gasteiger partial charge in [-0.2, -0.15) is 9.65 Å². The van der Waals surface area contributed by atoms with E-state index in [9.17, 15) is 5.21 Å². The van der Waals surface area contributed by atoms with Gasteiger partial charge in [-0.15, -0.1) is 0 Å². The highest BCUT2D eigenvalue weighted by Crippen LogP contribution is 2.30. The molecule has 0 radical (unpaired) electrons. The second-order valence-electron chi connectivity index (χ2n) is 3.84. The molecule has 4 nitrogen and oxygen atoms in total. The molecule has 0 bridgehead atoms. The van der Waals surface area contributed by atoms with Gasteiger partial charge in [-0.05, 0) is 19.4 Å². The number of hydroxylamine groups is 2. The summed E-state index contributed by atoms with van der Waals surface area (Å²) in [5.41, 5.74) is 1.76. The minimum atomic E-state index is -0.940. The zero-order chi connectivity index (χ0) is 11.8. The van der Waals surface area contributed by atoms with Crippen LogP contribution in [-0.4, -0.2) is 13.7 Å². The minimum Gasteiger partial charge on any atom is -0.591 e. The summed E-state index contributed by atoms with van der Waals surface area (Å²) in [5.74, 6) is 0.270. The van der Waals surface area contributed by atoms with Crippen molar-refractivity contribution in [3.8, 4) is 0 Å². The van der Waals surface area contributed by atoms with Gasteiger partial charge in [0, 0.05) is 5.39 Å². The third-order valence-corrected chi connectivity index (χ3v) is 2.50. The lowest BCUT2D eigenvalue weighted by Crippen LogP contribution is -2.37. The number of hydrogen-bond donors (Lipinski definition) is 0. The van der Waals surface area contributed by atoms with Gasteiger partial charge in [0.2, 0.25) is 0 Å². The van der Waals surface area contributed by atoms with Crippen molar-refractivity contribution in [2.75, 3.05) is 13.7 Å². The first-order chi connectivity index (χ1) is 7.54. The number of rotatable bonds is 3. The number of furan rings is 1. The van der Waals surface area contributed by atoms with Crippen LogP contribution in [0, 0.1) is 12.1 Å². The Kier molecular flexibility index (Phi) is 2.71. The maximum Gasteiger partial charge on any atom is 0.331 e. The zero-order valence-corrected chi connectivity index (χ0v) is 9.69. The Morgan fingerprint density at radius 1 is 1.44 bits per heavy atom. The quantitative estimate of drug-likeness (QED) is 0.590.